The Labute approximate surface area is 282 Å². The van der Waals surface area contributed by atoms with Gasteiger partial charge >= 0.3 is 17.9 Å². The van der Waals surface area contributed by atoms with Crippen LogP contribution in [0.3, 0.4) is 0 Å². The molecule has 0 bridgehead atoms. The minimum atomic E-state index is -1.75. The smallest absolute Gasteiger partial charge is 0.338 e. The van der Waals surface area contributed by atoms with Crippen molar-refractivity contribution >= 4 is 17.9 Å². The largest absolute Gasteiger partial charge is 0.458 e. The summed E-state index contributed by atoms with van der Waals surface area (Å²) in [6, 6.07) is 24.2. The SMILES string of the molecule is CO[C@@H]([C@H](OC)[C@@H](CO[C@@H]1O[C@H](CO)[C@@H](O)[C@H](O)[C@H]1O)OC(=O)c1ccccc1)[C@@H](COC(=O)c1ccccc1)OC(=O)c1ccccc1. The van der Waals surface area contributed by atoms with E-state index in [1.54, 1.807) is 66.7 Å². The van der Waals surface area contributed by atoms with Gasteiger partial charge < -0.3 is 53.6 Å². The first kappa shape index (κ1) is 37.6. The van der Waals surface area contributed by atoms with Crippen molar-refractivity contribution < 1.29 is 68.0 Å². The van der Waals surface area contributed by atoms with Gasteiger partial charge in [-0.2, -0.15) is 0 Å². The monoisotopic (exact) mass is 684 g/mol. The summed E-state index contributed by atoms with van der Waals surface area (Å²) in [5.41, 5.74) is 0.618. The summed E-state index contributed by atoms with van der Waals surface area (Å²) >= 11 is 0. The molecule has 1 saturated heterocycles. The third-order valence-corrected chi connectivity index (χ3v) is 7.80. The number of benzene rings is 3. The van der Waals surface area contributed by atoms with Crippen molar-refractivity contribution in [2.75, 3.05) is 34.0 Å². The molecule has 0 amide bonds. The normalized spacial score (nSPS) is 23.0. The molecule has 264 valence electrons. The molecule has 0 unspecified atom stereocenters. The van der Waals surface area contributed by atoms with Crippen molar-refractivity contribution in [1.82, 2.24) is 0 Å². The molecule has 4 N–H and O–H groups in total. The Morgan fingerprint density at radius 3 is 1.49 bits per heavy atom. The summed E-state index contributed by atoms with van der Waals surface area (Å²) in [4.78, 5) is 39.4. The highest BCUT2D eigenvalue weighted by Crippen LogP contribution is 2.25. The molecular formula is C35H40O14. The van der Waals surface area contributed by atoms with Gasteiger partial charge in [-0.1, -0.05) is 54.6 Å². The Hall–Kier alpha value is -4.25. The summed E-state index contributed by atoms with van der Waals surface area (Å²) in [6.07, 6.45) is -13.2. The quantitative estimate of drug-likeness (QED) is 0.124. The maximum absolute atomic E-state index is 13.3. The first-order valence-corrected chi connectivity index (χ1v) is 15.4. The second-order valence-corrected chi connectivity index (χ2v) is 11.0. The van der Waals surface area contributed by atoms with Crippen molar-refractivity contribution in [3.05, 3.63) is 108 Å². The molecule has 0 saturated carbocycles. The highest BCUT2D eigenvalue weighted by Gasteiger charge is 2.46. The maximum atomic E-state index is 13.3. The van der Waals surface area contributed by atoms with Gasteiger partial charge in [0.15, 0.2) is 18.5 Å². The molecule has 9 atom stereocenters. The lowest BCUT2D eigenvalue weighted by atomic mass is 9.99. The number of hydrogen-bond acceptors (Lipinski definition) is 14. The van der Waals surface area contributed by atoms with Gasteiger partial charge in [-0.15, -0.1) is 0 Å². The summed E-state index contributed by atoms with van der Waals surface area (Å²) in [6.45, 7) is -1.75. The zero-order valence-electron chi connectivity index (χ0n) is 26.8. The van der Waals surface area contributed by atoms with Crippen molar-refractivity contribution in [3.63, 3.8) is 0 Å². The Balaban J connectivity index is 1.63. The van der Waals surface area contributed by atoms with Crippen LogP contribution in [0.4, 0.5) is 0 Å². The Bertz CT molecular complexity index is 1450. The van der Waals surface area contributed by atoms with Gasteiger partial charge in [-0.05, 0) is 36.4 Å². The van der Waals surface area contributed by atoms with Gasteiger partial charge in [-0.25, -0.2) is 14.4 Å². The summed E-state index contributed by atoms with van der Waals surface area (Å²) < 4.78 is 39.9. The van der Waals surface area contributed by atoms with E-state index in [9.17, 15) is 34.8 Å². The maximum Gasteiger partial charge on any atom is 0.338 e. The second-order valence-electron chi connectivity index (χ2n) is 11.0. The predicted octanol–water partition coefficient (Wildman–Crippen LogP) is 1.14. The molecule has 1 fully saturated rings. The number of rotatable bonds is 16. The van der Waals surface area contributed by atoms with Gasteiger partial charge in [0.1, 0.15) is 43.2 Å². The van der Waals surface area contributed by atoms with Gasteiger partial charge in [0.25, 0.3) is 0 Å². The molecule has 3 aromatic carbocycles. The van der Waals surface area contributed by atoms with E-state index >= 15 is 0 Å². The van der Waals surface area contributed by atoms with E-state index in [1.807, 2.05) is 0 Å². The summed E-state index contributed by atoms with van der Waals surface area (Å²) in [5, 5.41) is 40.6. The fraction of sp³-hybridized carbons (Fsp3) is 0.400. The molecule has 1 aliphatic heterocycles. The zero-order valence-corrected chi connectivity index (χ0v) is 26.8. The fourth-order valence-electron chi connectivity index (χ4n) is 5.16. The standard InChI is InChI=1S/C35H40O14/c1-43-30(25(47-33(41)22-14-8-4-9-15-22)19-45-32(40)21-12-6-3-7-13-21)31(44-2)26(48-34(42)23-16-10-5-11-17-23)20-46-35-29(39)28(38)27(37)24(18-36)49-35/h3-17,24-31,35-39H,18-20H2,1-2H3/t24-,25-,26-,27-,28+,29-,30-,31-,35-/m1/s1. The van der Waals surface area contributed by atoms with Crippen LogP contribution in [0.2, 0.25) is 0 Å². The number of ether oxygens (including phenoxy) is 7. The van der Waals surface area contributed by atoms with E-state index < -0.39 is 92.9 Å². The average molecular weight is 685 g/mol. The lowest BCUT2D eigenvalue weighted by molar-refractivity contribution is -0.307. The lowest BCUT2D eigenvalue weighted by Gasteiger charge is -2.40. The van der Waals surface area contributed by atoms with Crippen LogP contribution < -0.4 is 0 Å². The van der Waals surface area contributed by atoms with Gasteiger partial charge in [0.2, 0.25) is 0 Å². The minimum absolute atomic E-state index is 0.174. The number of esters is 3. The lowest BCUT2D eigenvalue weighted by Crippen LogP contribution is -2.60. The van der Waals surface area contributed by atoms with Gasteiger partial charge in [-0.3, -0.25) is 0 Å². The van der Waals surface area contributed by atoms with Crippen LogP contribution in [-0.2, 0) is 33.2 Å². The molecule has 0 aromatic heterocycles. The molecule has 1 heterocycles. The van der Waals surface area contributed by atoms with Crippen molar-refractivity contribution in [1.29, 1.82) is 0 Å². The molecule has 0 aliphatic carbocycles. The summed E-state index contributed by atoms with van der Waals surface area (Å²) in [7, 11) is 2.56. The molecule has 14 nitrogen and oxygen atoms in total. The first-order valence-electron chi connectivity index (χ1n) is 15.4. The van der Waals surface area contributed by atoms with Crippen LogP contribution in [0.1, 0.15) is 31.1 Å². The first-order chi connectivity index (χ1) is 23.7. The fourth-order valence-corrected chi connectivity index (χ4v) is 5.16. The molecule has 14 heteroatoms. The van der Waals surface area contributed by atoms with Crippen LogP contribution in [0.15, 0.2) is 91.0 Å². The third kappa shape index (κ3) is 9.90. The van der Waals surface area contributed by atoms with E-state index in [1.165, 1.54) is 38.5 Å². The molecular weight excluding hydrogens is 644 g/mol. The number of aliphatic hydroxyl groups excluding tert-OH is 4. The van der Waals surface area contributed by atoms with Crippen LogP contribution in [0, 0.1) is 0 Å². The van der Waals surface area contributed by atoms with Crippen LogP contribution >= 0.6 is 0 Å². The third-order valence-electron chi connectivity index (χ3n) is 7.80. The average Bonchev–Trinajstić information content (AvgIpc) is 3.14. The second kappa shape index (κ2) is 18.5. The highest BCUT2D eigenvalue weighted by molar-refractivity contribution is 5.90. The Morgan fingerprint density at radius 1 is 0.633 bits per heavy atom. The van der Waals surface area contributed by atoms with E-state index in [0.29, 0.717) is 0 Å². The molecule has 49 heavy (non-hydrogen) atoms. The molecule has 0 spiro atoms. The van der Waals surface area contributed by atoms with Gasteiger partial charge in [0, 0.05) is 14.2 Å². The predicted molar refractivity (Wildman–Crippen MR) is 169 cm³/mol. The Kier molecular flexibility index (Phi) is 14.2. The molecule has 0 radical (unpaired) electrons. The molecule has 1 aliphatic rings. The number of hydrogen-bond donors (Lipinski definition) is 4. The van der Waals surface area contributed by atoms with E-state index in [4.69, 9.17) is 33.2 Å². The van der Waals surface area contributed by atoms with E-state index in [2.05, 4.69) is 0 Å². The van der Waals surface area contributed by atoms with Crippen molar-refractivity contribution in [2.24, 2.45) is 0 Å². The Morgan fingerprint density at radius 2 is 1.06 bits per heavy atom. The number of carbonyl (C=O) groups is 3. The van der Waals surface area contributed by atoms with E-state index in [0.717, 1.165) is 0 Å². The number of methoxy groups -OCH3 is 2. The van der Waals surface area contributed by atoms with Gasteiger partial charge in [0.05, 0.1) is 29.9 Å². The molecule has 4 rings (SSSR count). The van der Waals surface area contributed by atoms with Crippen LogP contribution in [-0.4, -0.2) is 127 Å². The number of aliphatic hydroxyl groups is 4. The van der Waals surface area contributed by atoms with Crippen molar-refractivity contribution in [3.8, 4) is 0 Å². The van der Waals surface area contributed by atoms with Crippen LogP contribution in [0.25, 0.3) is 0 Å². The number of carbonyl (C=O) groups excluding carboxylic acids is 3. The summed E-state index contributed by atoms with van der Waals surface area (Å²) in [5.74, 6) is -2.27. The van der Waals surface area contributed by atoms with E-state index in [-0.39, 0.29) is 16.7 Å². The van der Waals surface area contributed by atoms with Crippen LogP contribution in [0.5, 0.6) is 0 Å². The zero-order chi connectivity index (χ0) is 35.3. The topological polar surface area (TPSA) is 197 Å². The molecule has 3 aromatic rings. The minimum Gasteiger partial charge on any atom is -0.458 e. The highest BCUT2D eigenvalue weighted by atomic mass is 16.7. The van der Waals surface area contributed by atoms with Crippen molar-refractivity contribution in [2.45, 2.75) is 55.1 Å².